The van der Waals surface area contributed by atoms with Crippen LogP contribution in [0.2, 0.25) is 39.3 Å². The Morgan fingerprint density at radius 3 is 1.00 bits per heavy atom. The summed E-state index contributed by atoms with van der Waals surface area (Å²) in [5.74, 6) is 3.18. The minimum Gasteiger partial charge on any atom is -0.521 e. The van der Waals surface area contributed by atoms with Crippen molar-refractivity contribution in [3.63, 3.8) is 0 Å². The van der Waals surface area contributed by atoms with Gasteiger partial charge >= 0.3 is 25.7 Å². The molecular formula is C24H40O6Si3. The summed E-state index contributed by atoms with van der Waals surface area (Å²) >= 11 is 0. The van der Waals surface area contributed by atoms with Crippen molar-refractivity contribution >= 4 is 25.7 Å². The van der Waals surface area contributed by atoms with Gasteiger partial charge in [0.05, 0.1) is 12.2 Å². The summed E-state index contributed by atoms with van der Waals surface area (Å²) in [6, 6.07) is 15.3. The van der Waals surface area contributed by atoms with Gasteiger partial charge in [-0.3, -0.25) is 0 Å². The molecule has 0 unspecified atom stereocenters. The van der Waals surface area contributed by atoms with Crippen LogP contribution < -0.4 is 18.3 Å². The first kappa shape index (κ1) is 27.5. The number of rotatable bonds is 12. The minimum absolute atomic E-state index is 0.135. The van der Waals surface area contributed by atoms with Crippen LogP contribution in [0, 0.1) is 0 Å². The summed E-state index contributed by atoms with van der Waals surface area (Å²) in [4.78, 5) is 0. The topological polar surface area (TPSA) is 55.4 Å². The zero-order valence-electron chi connectivity index (χ0n) is 21.7. The van der Waals surface area contributed by atoms with E-state index in [0.29, 0.717) is 0 Å². The van der Waals surface area contributed by atoms with E-state index in [1.54, 1.807) is 0 Å². The molecule has 2 aromatic carbocycles. The lowest BCUT2D eigenvalue weighted by Gasteiger charge is -2.37. The van der Waals surface area contributed by atoms with Crippen molar-refractivity contribution in [2.45, 2.75) is 79.2 Å². The Balaban J connectivity index is 1.96. The molecule has 9 heteroatoms. The maximum Gasteiger partial charge on any atom is 0.383 e. The molecule has 2 rings (SSSR count). The van der Waals surface area contributed by atoms with Gasteiger partial charge in [0.25, 0.3) is 0 Å². The van der Waals surface area contributed by atoms with E-state index < -0.39 is 25.7 Å². The van der Waals surface area contributed by atoms with Crippen LogP contribution in [0.25, 0.3) is 0 Å². The van der Waals surface area contributed by atoms with Gasteiger partial charge in [0.15, 0.2) is 0 Å². The predicted octanol–water partition coefficient (Wildman–Crippen LogP) is 6.86. The van der Waals surface area contributed by atoms with Crippen molar-refractivity contribution in [3.8, 4) is 23.0 Å². The molecule has 0 saturated carbocycles. The zero-order valence-corrected chi connectivity index (χ0v) is 24.7. The minimum atomic E-state index is -2.52. The number of benzene rings is 2. The van der Waals surface area contributed by atoms with Crippen molar-refractivity contribution in [3.05, 3.63) is 48.5 Å². The third kappa shape index (κ3) is 10.3. The lowest BCUT2D eigenvalue weighted by Crippen LogP contribution is -2.56. The quantitative estimate of drug-likeness (QED) is 0.292. The van der Waals surface area contributed by atoms with Gasteiger partial charge in [-0.25, -0.2) is 0 Å². The lowest BCUT2D eigenvalue weighted by molar-refractivity contribution is 0.242. The van der Waals surface area contributed by atoms with Crippen LogP contribution in [0.4, 0.5) is 0 Å². The lowest BCUT2D eigenvalue weighted by atomic mass is 10.3. The summed E-state index contributed by atoms with van der Waals surface area (Å²) in [5, 5.41) is 0. The summed E-state index contributed by atoms with van der Waals surface area (Å²) < 4.78 is 36.9. The third-order valence-corrected chi connectivity index (χ3v) is 13.4. The van der Waals surface area contributed by atoms with Crippen LogP contribution in [0.15, 0.2) is 48.5 Å². The van der Waals surface area contributed by atoms with Gasteiger partial charge in [-0.1, -0.05) is 0 Å². The summed E-state index contributed by atoms with van der Waals surface area (Å²) in [5.41, 5.74) is 0. The van der Waals surface area contributed by atoms with E-state index in [1.165, 1.54) is 0 Å². The fraction of sp³-hybridized carbons (Fsp3) is 0.500. The summed E-state index contributed by atoms with van der Waals surface area (Å²) in [7, 11) is -7.52. The van der Waals surface area contributed by atoms with E-state index in [4.69, 9.17) is 26.6 Å². The molecule has 0 aliphatic heterocycles. The Morgan fingerprint density at radius 2 is 0.727 bits per heavy atom. The maximum atomic E-state index is 6.50. The monoisotopic (exact) mass is 508 g/mol. The van der Waals surface area contributed by atoms with Gasteiger partial charge in [-0.15, -0.1) is 0 Å². The first-order chi connectivity index (χ1) is 15.1. The van der Waals surface area contributed by atoms with Crippen LogP contribution >= 0.6 is 0 Å². The highest BCUT2D eigenvalue weighted by Gasteiger charge is 2.43. The Kier molecular flexibility index (Phi) is 9.23. The van der Waals surface area contributed by atoms with Crippen LogP contribution in [0.3, 0.4) is 0 Å². The molecule has 0 spiro atoms. The third-order valence-electron chi connectivity index (χ3n) is 4.10. The highest BCUT2D eigenvalue weighted by atomic mass is 28.5. The average Bonchev–Trinajstić information content (AvgIpc) is 2.61. The smallest absolute Gasteiger partial charge is 0.383 e. The Labute approximate surface area is 202 Å². The van der Waals surface area contributed by atoms with E-state index in [-0.39, 0.29) is 12.2 Å². The highest BCUT2D eigenvalue weighted by molar-refractivity contribution is 6.84. The number of hydrogen-bond donors (Lipinski definition) is 0. The molecule has 0 bridgehead atoms. The largest absolute Gasteiger partial charge is 0.521 e. The molecule has 0 N–H and O–H groups in total. The van der Waals surface area contributed by atoms with Crippen LogP contribution in [-0.4, -0.2) is 37.9 Å². The second kappa shape index (κ2) is 11.1. The van der Waals surface area contributed by atoms with Crippen LogP contribution in [0.1, 0.15) is 27.7 Å². The van der Waals surface area contributed by atoms with Gasteiger partial charge in [0.1, 0.15) is 23.0 Å². The maximum absolute atomic E-state index is 6.50. The van der Waals surface area contributed by atoms with Gasteiger partial charge in [0, 0.05) is 0 Å². The molecule has 0 radical (unpaired) electrons. The molecular weight excluding hydrogens is 469 g/mol. The molecule has 0 fully saturated rings. The molecule has 0 atom stereocenters. The SMILES string of the molecule is CC(C)Oc1ccc(O[Si](C)(C)O[Si](C)(C)O[Si](C)(C)Oc2ccc(OC(C)C)cc2)cc1. The van der Waals surface area contributed by atoms with Crippen molar-refractivity contribution < 1.29 is 26.6 Å². The number of hydrogen-bond acceptors (Lipinski definition) is 6. The van der Waals surface area contributed by atoms with E-state index in [0.717, 1.165) is 23.0 Å². The van der Waals surface area contributed by atoms with Gasteiger partial charge in [-0.2, -0.15) is 0 Å². The first-order valence-corrected chi connectivity index (χ1v) is 19.9. The van der Waals surface area contributed by atoms with Crippen molar-refractivity contribution in [1.82, 2.24) is 0 Å². The van der Waals surface area contributed by atoms with Crippen molar-refractivity contribution in [2.24, 2.45) is 0 Å². The zero-order chi connectivity index (χ0) is 24.9. The molecule has 0 aromatic heterocycles. The van der Waals surface area contributed by atoms with Gasteiger partial charge in [0.2, 0.25) is 0 Å². The highest BCUT2D eigenvalue weighted by Crippen LogP contribution is 2.27. The van der Waals surface area contributed by atoms with Crippen LogP contribution in [0.5, 0.6) is 23.0 Å². The fourth-order valence-corrected chi connectivity index (χ4v) is 15.3. The predicted molar refractivity (Wildman–Crippen MR) is 140 cm³/mol. The fourth-order valence-electron chi connectivity index (χ4n) is 3.53. The molecule has 0 heterocycles. The average molecular weight is 509 g/mol. The summed E-state index contributed by atoms with van der Waals surface area (Å²) in [6.45, 7) is 20.2. The van der Waals surface area contributed by atoms with E-state index in [2.05, 4.69) is 0 Å². The molecule has 0 saturated heterocycles. The molecule has 0 aliphatic carbocycles. The molecule has 6 nitrogen and oxygen atoms in total. The Morgan fingerprint density at radius 1 is 0.455 bits per heavy atom. The van der Waals surface area contributed by atoms with Crippen molar-refractivity contribution in [2.75, 3.05) is 0 Å². The van der Waals surface area contributed by atoms with Gasteiger partial charge in [-0.05, 0) is 116 Å². The normalized spacial score (nSPS) is 12.7. The van der Waals surface area contributed by atoms with Gasteiger partial charge < -0.3 is 26.6 Å². The van der Waals surface area contributed by atoms with E-state index in [1.807, 2.05) is 116 Å². The molecule has 184 valence electrons. The molecule has 33 heavy (non-hydrogen) atoms. The molecule has 0 aliphatic rings. The second-order valence-electron chi connectivity index (χ2n) is 9.88. The second-order valence-corrected chi connectivity index (χ2v) is 20.3. The Bertz CT molecular complexity index is 793. The first-order valence-electron chi connectivity index (χ1n) is 11.5. The van der Waals surface area contributed by atoms with E-state index in [9.17, 15) is 0 Å². The summed E-state index contributed by atoms with van der Waals surface area (Å²) in [6.07, 6.45) is 0.270. The number of ether oxygens (including phenoxy) is 2. The molecule has 2 aromatic rings. The van der Waals surface area contributed by atoms with Crippen LogP contribution in [-0.2, 0) is 8.23 Å². The Hall–Kier alpha value is -1.79. The van der Waals surface area contributed by atoms with E-state index >= 15 is 0 Å². The van der Waals surface area contributed by atoms with Crippen molar-refractivity contribution in [1.29, 1.82) is 0 Å². The standard InChI is InChI=1S/C24H40O6Si3/c1-19(2)25-21-11-15-23(16-12-21)27-31(5,6)29-33(9,10)30-32(7,8)28-24-17-13-22(14-18-24)26-20(3)4/h11-20H,1-10H3. The molecule has 0 amide bonds.